The van der Waals surface area contributed by atoms with Crippen LogP contribution in [-0.2, 0) is 0 Å². The number of hydrogen-bond donors (Lipinski definition) is 1. The Hall–Kier alpha value is -2.07. The minimum Gasteiger partial charge on any atom is -0.506 e. The highest BCUT2D eigenvalue weighted by molar-refractivity contribution is 6.30. The summed E-state index contributed by atoms with van der Waals surface area (Å²) in [6, 6.07) is 12.0. The van der Waals surface area contributed by atoms with Crippen LogP contribution in [0.4, 0.5) is 11.4 Å². The van der Waals surface area contributed by atoms with E-state index < -0.39 is 0 Å². The number of ether oxygens (including phenoxy) is 1. The quantitative estimate of drug-likeness (QED) is 0.765. The number of para-hydroxylation sites is 1. The van der Waals surface area contributed by atoms with Gasteiger partial charge in [-0.15, -0.1) is 10.2 Å². The molecule has 0 heterocycles. The number of hydrogen-bond acceptors (Lipinski definition) is 4. The fourth-order valence-electron chi connectivity index (χ4n) is 1.56. The van der Waals surface area contributed by atoms with Crippen LogP contribution < -0.4 is 4.74 Å². The SMILES string of the molecule is CCCOc1ccccc1N=Nc1cc(Cl)ccc1O. The molecule has 5 heteroatoms. The number of aromatic hydroxyl groups is 1. The van der Waals surface area contributed by atoms with E-state index in [4.69, 9.17) is 16.3 Å². The predicted octanol–water partition coefficient (Wildman–Crippen LogP) is 5.25. The summed E-state index contributed by atoms with van der Waals surface area (Å²) < 4.78 is 5.59. The maximum Gasteiger partial charge on any atom is 0.146 e. The summed E-state index contributed by atoms with van der Waals surface area (Å²) in [6.45, 7) is 2.66. The number of nitrogens with zero attached hydrogens (tertiary/aromatic N) is 2. The van der Waals surface area contributed by atoms with Gasteiger partial charge < -0.3 is 9.84 Å². The molecule has 0 bridgehead atoms. The molecule has 0 unspecified atom stereocenters. The Labute approximate surface area is 122 Å². The van der Waals surface area contributed by atoms with Crippen molar-refractivity contribution in [3.63, 3.8) is 0 Å². The first-order valence-electron chi connectivity index (χ1n) is 6.33. The van der Waals surface area contributed by atoms with Gasteiger partial charge in [0, 0.05) is 5.02 Å². The van der Waals surface area contributed by atoms with Crippen LogP contribution >= 0.6 is 11.6 Å². The number of phenolic OH excluding ortho intramolecular Hbond substituents is 1. The molecule has 0 aliphatic carbocycles. The lowest BCUT2D eigenvalue weighted by atomic mass is 10.3. The fourth-order valence-corrected chi connectivity index (χ4v) is 1.72. The van der Waals surface area contributed by atoms with Gasteiger partial charge in [-0.3, -0.25) is 0 Å². The molecule has 20 heavy (non-hydrogen) atoms. The molecule has 0 aromatic heterocycles. The van der Waals surface area contributed by atoms with E-state index in [-0.39, 0.29) is 5.75 Å². The van der Waals surface area contributed by atoms with Gasteiger partial charge in [0.2, 0.25) is 0 Å². The molecule has 0 saturated heterocycles. The Kier molecular flexibility index (Phi) is 4.96. The summed E-state index contributed by atoms with van der Waals surface area (Å²) in [5.41, 5.74) is 0.933. The van der Waals surface area contributed by atoms with Crippen LogP contribution in [0.2, 0.25) is 5.02 Å². The lowest BCUT2D eigenvalue weighted by Crippen LogP contribution is -1.94. The van der Waals surface area contributed by atoms with Crippen molar-refractivity contribution < 1.29 is 9.84 Å². The van der Waals surface area contributed by atoms with Crippen LogP contribution in [0.1, 0.15) is 13.3 Å². The Balaban J connectivity index is 2.24. The molecule has 0 atom stereocenters. The van der Waals surface area contributed by atoms with E-state index in [0.717, 1.165) is 6.42 Å². The molecule has 2 rings (SSSR count). The second kappa shape index (κ2) is 6.91. The average molecular weight is 291 g/mol. The van der Waals surface area contributed by atoms with Gasteiger partial charge in [-0.2, -0.15) is 0 Å². The van der Waals surface area contributed by atoms with Gasteiger partial charge >= 0.3 is 0 Å². The molecule has 0 aliphatic heterocycles. The molecule has 0 fully saturated rings. The molecule has 0 radical (unpaired) electrons. The second-order valence-electron chi connectivity index (χ2n) is 4.15. The normalized spacial score (nSPS) is 10.9. The monoisotopic (exact) mass is 290 g/mol. The van der Waals surface area contributed by atoms with Crippen LogP contribution in [0.25, 0.3) is 0 Å². The first-order chi connectivity index (χ1) is 9.70. The maximum absolute atomic E-state index is 9.68. The largest absolute Gasteiger partial charge is 0.506 e. The Morgan fingerprint density at radius 1 is 1.10 bits per heavy atom. The van der Waals surface area contributed by atoms with Gasteiger partial charge in [0.15, 0.2) is 0 Å². The molecule has 0 aliphatic rings. The lowest BCUT2D eigenvalue weighted by molar-refractivity contribution is 0.318. The lowest BCUT2D eigenvalue weighted by Gasteiger charge is -2.06. The third-order valence-electron chi connectivity index (χ3n) is 2.53. The number of rotatable bonds is 5. The zero-order valence-electron chi connectivity index (χ0n) is 11.1. The fraction of sp³-hybridized carbons (Fsp3) is 0.200. The smallest absolute Gasteiger partial charge is 0.146 e. The minimum absolute atomic E-state index is 0.0325. The number of benzene rings is 2. The molecule has 1 N–H and O–H groups in total. The highest BCUT2D eigenvalue weighted by Crippen LogP contribution is 2.33. The Morgan fingerprint density at radius 2 is 1.85 bits per heavy atom. The summed E-state index contributed by atoms with van der Waals surface area (Å²) in [7, 11) is 0. The van der Waals surface area contributed by atoms with Crippen molar-refractivity contribution in [2.75, 3.05) is 6.61 Å². The van der Waals surface area contributed by atoms with Crippen molar-refractivity contribution in [3.8, 4) is 11.5 Å². The summed E-state index contributed by atoms with van der Waals surface area (Å²) >= 11 is 5.86. The summed E-state index contributed by atoms with van der Waals surface area (Å²) in [4.78, 5) is 0. The third-order valence-corrected chi connectivity index (χ3v) is 2.76. The molecular weight excluding hydrogens is 276 g/mol. The molecule has 104 valence electrons. The molecule has 0 spiro atoms. The van der Waals surface area contributed by atoms with E-state index in [1.54, 1.807) is 18.2 Å². The predicted molar refractivity (Wildman–Crippen MR) is 79.5 cm³/mol. The molecule has 4 nitrogen and oxygen atoms in total. The second-order valence-corrected chi connectivity index (χ2v) is 4.59. The van der Waals surface area contributed by atoms with Crippen molar-refractivity contribution in [1.82, 2.24) is 0 Å². The maximum atomic E-state index is 9.68. The summed E-state index contributed by atoms with van der Waals surface area (Å²) in [6.07, 6.45) is 0.917. The van der Waals surface area contributed by atoms with E-state index >= 15 is 0 Å². The highest BCUT2D eigenvalue weighted by Gasteiger charge is 2.03. The van der Waals surface area contributed by atoms with E-state index in [1.807, 2.05) is 25.1 Å². The van der Waals surface area contributed by atoms with E-state index in [1.165, 1.54) is 6.07 Å². The van der Waals surface area contributed by atoms with Gasteiger partial charge in [-0.1, -0.05) is 30.7 Å². The van der Waals surface area contributed by atoms with Gasteiger partial charge in [-0.25, -0.2) is 0 Å². The van der Waals surface area contributed by atoms with Crippen LogP contribution in [0, 0.1) is 0 Å². The van der Waals surface area contributed by atoms with Crippen molar-refractivity contribution in [1.29, 1.82) is 0 Å². The van der Waals surface area contributed by atoms with Gasteiger partial charge in [0.25, 0.3) is 0 Å². The summed E-state index contributed by atoms with van der Waals surface area (Å²) in [5.74, 6) is 0.699. The highest BCUT2D eigenvalue weighted by atomic mass is 35.5. The first-order valence-corrected chi connectivity index (χ1v) is 6.70. The van der Waals surface area contributed by atoms with Crippen molar-refractivity contribution in [2.45, 2.75) is 13.3 Å². The Morgan fingerprint density at radius 3 is 2.65 bits per heavy atom. The van der Waals surface area contributed by atoms with Gasteiger partial charge in [0.05, 0.1) is 6.61 Å². The van der Waals surface area contributed by atoms with Crippen LogP contribution in [-0.4, -0.2) is 11.7 Å². The van der Waals surface area contributed by atoms with E-state index in [2.05, 4.69) is 10.2 Å². The molecule has 2 aromatic rings. The standard InChI is InChI=1S/C15H15ClN2O2/c1-2-9-20-15-6-4-3-5-12(15)17-18-13-10-11(16)7-8-14(13)19/h3-8,10,19H,2,9H2,1H3. The molecule has 0 amide bonds. The minimum atomic E-state index is 0.0325. The van der Waals surface area contributed by atoms with E-state index in [9.17, 15) is 5.11 Å². The number of azo groups is 1. The van der Waals surface area contributed by atoms with E-state index in [0.29, 0.717) is 28.8 Å². The summed E-state index contributed by atoms with van der Waals surface area (Å²) in [5, 5.41) is 18.3. The van der Waals surface area contributed by atoms with Crippen LogP contribution in [0.3, 0.4) is 0 Å². The molecule has 2 aromatic carbocycles. The Bertz CT molecular complexity index is 615. The first kappa shape index (κ1) is 14.3. The van der Waals surface area contributed by atoms with Crippen molar-refractivity contribution in [3.05, 3.63) is 47.5 Å². The third kappa shape index (κ3) is 3.71. The number of halogens is 1. The number of phenols is 1. The zero-order valence-corrected chi connectivity index (χ0v) is 11.8. The molecule has 0 saturated carbocycles. The van der Waals surface area contributed by atoms with Crippen molar-refractivity contribution >= 4 is 23.0 Å². The zero-order chi connectivity index (χ0) is 14.4. The van der Waals surface area contributed by atoms with Crippen molar-refractivity contribution in [2.24, 2.45) is 10.2 Å². The van der Waals surface area contributed by atoms with Gasteiger partial charge in [-0.05, 0) is 36.8 Å². The van der Waals surface area contributed by atoms with Crippen LogP contribution in [0.15, 0.2) is 52.7 Å². The van der Waals surface area contributed by atoms with Gasteiger partial charge in [0.1, 0.15) is 22.9 Å². The average Bonchev–Trinajstić information content (AvgIpc) is 2.47. The topological polar surface area (TPSA) is 54.2 Å². The van der Waals surface area contributed by atoms with Crippen LogP contribution in [0.5, 0.6) is 11.5 Å². The molecular formula is C15H15ClN2O2.